The minimum absolute atomic E-state index is 0.0466. The Bertz CT molecular complexity index is 1370. The van der Waals surface area contributed by atoms with Crippen LogP contribution in [0.25, 0.3) is 22.3 Å². The van der Waals surface area contributed by atoms with Gasteiger partial charge in [-0.2, -0.15) is 5.10 Å². The molecule has 0 fully saturated rings. The van der Waals surface area contributed by atoms with Gasteiger partial charge in [0.1, 0.15) is 0 Å². The van der Waals surface area contributed by atoms with Crippen molar-refractivity contribution in [2.75, 3.05) is 20.8 Å². The molecule has 0 aliphatic carbocycles. The molecule has 2 aromatic heterocycles. The molecule has 1 aliphatic heterocycles. The van der Waals surface area contributed by atoms with E-state index in [1.807, 2.05) is 39.0 Å². The van der Waals surface area contributed by atoms with Crippen molar-refractivity contribution in [2.45, 2.75) is 33.7 Å². The number of carbonyl (C=O) groups excluding carboxylic acids is 2. The summed E-state index contributed by atoms with van der Waals surface area (Å²) in [5.41, 5.74) is 3.93. The number of amides is 2. The van der Waals surface area contributed by atoms with E-state index in [2.05, 4.69) is 15.4 Å². The molecule has 0 spiro atoms. The Hall–Kier alpha value is -4.01. The molecule has 0 saturated carbocycles. The number of dihydropyridines is 1. The summed E-state index contributed by atoms with van der Waals surface area (Å²) in [6.07, 6.45) is 3.52. The lowest BCUT2D eigenvalue weighted by Crippen LogP contribution is -2.34. The fourth-order valence-corrected chi connectivity index (χ4v) is 4.17. The van der Waals surface area contributed by atoms with Crippen molar-refractivity contribution in [1.82, 2.24) is 20.1 Å². The summed E-state index contributed by atoms with van der Waals surface area (Å²) >= 11 is 0. The van der Waals surface area contributed by atoms with Gasteiger partial charge in [-0.25, -0.2) is 14.7 Å². The average Bonchev–Trinajstić information content (AvgIpc) is 3.26. The number of ether oxygens (including phenoxy) is 2. The van der Waals surface area contributed by atoms with Crippen LogP contribution in [0.3, 0.4) is 0 Å². The number of aromatic nitrogens is 3. The van der Waals surface area contributed by atoms with E-state index in [9.17, 15) is 9.59 Å². The monoisotopic (exact) mass is 475 g/mol. The van der Waals surface area contributed by atoms with Crippen molar-refractivity contribution in [1.29, 1.82) is 0 Å². The summed E-state index contributed by atoms with van der Waals surface area (Å²) in [5, 5.41) is 8.02. The van der Waals surface area contributed by atoms with Crippen molar-refractivity contribution >= 4 is 28.6 Å². The van der Waals surface area contributed by atoms with E-state index in [1.165, 1.54) is 0 Å². The normalized spacial score (nSPS) is 15.7. The van der Waals surface area contributed by atoms with E-state index in [-0.39, 0.29) is 24.4 Å². The van der Waals surface area contributed by atoms with Crippen LogP contribution in [0, 0.1) is 5.92 Å². The molecule has 4 rings (SSSR count). The van der Waals surface area contributed by atoms with E-state index in [0.29, 0.717) is 39.5 Å². The molecule has 35 heavy (non-hydrogen) atoms. The molecule has 0 radical (unpaired) electrons. The lowest BCUT2D eigenvalue weighted by molar-refractivity contribution is -0.120. The van der Waals surface area contributed by atoms with Crippen LogP contribution in [0.5, 0.6) is 11.5 Å². The number of nitrogens with zero attached hydrogens (tertiary/aromatic N) is 4. The average molecular weight is 476 g/mol. The van der Waals surface area contributed by atoms with Crippen LogP contribution in [-0.4, -0.2) is 53.1 Å². The van der Waals surface area contributed by atoms with Crippen LogP contribution in [0.15, 0.2) is 47.1 Å². The third-order valence-corrected chi connectivity index (χ3v) is 6.02. The molecular weight excluding hydrogens is 446 g/mol. The number of hydrogen-bond donors (Lipinski definition) is 1. The van der Waals surface area contributed by atoms with Gasteiger partial charge in [0, 0.05) is 23.9 Å². The Kier molecular flexibility index (Phi) is 6.68. The molecule has 1 aliphatic rings. The number of nitrogens with one attached hydrogen (secondary N) is 1. The Labute approximate surface area is 203 Å². The smallest absolute Gasteiger partial charge is 0.254 e. The molecule has 1 atom stereocenters. The number of fused-ring (bicyclic) bond motifs is 1. The predicted octanol–water partition coefficient (Wildman–Crippen LogP) is 3.99. The van der Waals surface area contributed by atoms with Gasteiger partial charge in [-0.05, 0) is 58.0 Å². The highest BCUT2D eigenvalue weighted by atomic mass is 16.5. The van der Waals surface area contributed by atoms with E-state index in [0.717, 1.165) is 11.1 Å². The van der Waals surface area contributed by atoms with Gasteiger partial charge in [-0.3, -0.25) is 9.59 Å². The minimum atomic E-state index is -0.483. The van der Waals surface area contributed by atoms with Crippen molar-refractivity contribution in [3.05, 3.63) is 47.7 Å². The molecule has 1 N–H and O–H groups in total. The fraction of sp³-hybridized carbons (Fsp3) is 0.346. The molecule has 3 heterocycles. The molecule has 0 bridgehead atoms. The maximum absolute atomic E-state index is 13.4. The van der Waals surface area contributed by atoms with Crippen LogP contribution in [0.2, 0.25) is 0 Å². The number of aliphatic imine (C=N–C) groups is 1. The molecule has 1 unspecified atom stereocenters. The third-order valence-electron chi connectivity index (χ3n) is 6.02. The fourth-order valence-electron chi connectivity index (χ4n) is 4.17. The Morgan fingerprint density at radius 3 is 2.54 bits per heavy atom. The van der Waals surface area contributed by atoms with Crippen molar-refractivity contribution < 1.29 is 19.1 Å². The van der Waals surface area contributed by atoms with Gasteiger partial charge in [0.2, 0.25) is 0 Å². The minimum Gasteiger partial charge on any atom is -0.493 e. The zero-order valence-corrected chi connectivity index (χ0v) is 20.7. The molecule has 0 saturated heterocycles. The first-order valence-corrected chi connectivity index (χ1v) is 11.4. The van der Waals surface area contributed by atoms with Gasteiger partial charge < -0.3 is 14.8 Å². The second-order valence-corrected chi connectivity index (χ2v) is 8.79. The number of hydrogen-bond acceptors (Lipinski definition) is 6. The molecule has 9 nitrogen and oxygen atoms in total. The molecule has 2 amide bonds. The number of rotatable bonds is 7. The maximum Gasteiger partial charge on any atom is 0.254 e. The first-order valence-electron chi connectivity index (χ1n) is 11.4. The van der Waals surface area contributed by atoms with Gasteiger partial charge in [-0.1, -0.05) is 5.57 Å². The number of pyridine rings is 1. The summed E-state index contributed by atoms with van der Waals surface area (Å²) in [6, 6.07) is 7.26. The topological polar surface area (TPSA) is 108 Å². The highest BCUT2D eigenvalue weighted by Gasteiger charge is 2.25. The second kappa shape index (κ2) is 9.69. The van der Waals surface area contributed by atoms with E-state index >= 15 is 0 Å². The van der Waals surface area contributed by atoms with Gasteiger partial charge in [0.25, 0.3) is 11.8 Å². The summed E-state index contributed by atoms with van der Waals surface area (Å²) in [4.78, 5) is 34.6. The molecular formula is C26H29N5O4. The summed E-state index contributed by atoms with van der Waals surface area (Å²) in [7, 11) is 3.14. The van der Waals surface area contributed by atoms with Crippen molar-refractivity contribution in [3.8, 4) is 22.8 Å². The lowest BCUT2D eigenvalue weighted by Gasteiger charge is -2.19. The third kappa shape index (κ3) is 4.66. The van der Waals surface area contributed by atoms with Crippen LogP contribution >= 0.6 is 0 Å². The SMILES string of the molecule is COc1ccc(-c2cc(C(=O)NCC3C(=O)N=C(C)C=C3C)c3cnn(C(C)C)c3n2)cc1OC. The Morgan fingerprint density at radius 1 is 1.14 bits per heavy atom. The molecule has 3 aromatic rings. The number of carbonyl (C=O) groups is 2. The summed E-state index contributed by atoms with van der Waals surface area (Å²) in [5.74, 6) is 0.115. The number of benzene rings is 1. The quantitative estimate of drug-likeness (QED) is 0.554. The summed E-state index contributed by atoms with van der Waals surface area (Å²) < 4.78 is 12.6. The van der Waals surface area contributed by atoms with Crippen molar-refractivity contribution in [3.63, 3.8) is 0 Å². The Morgan fingerprint density at radius 2 is 1.89 bits per heavy atom. The zero-order chi connectivity index (χ0) is 25.3. The van der Waals surface area contributed by atoms with Crippen LogP contribution in [0.1, 0.15) is 44.1 Å². The molecule has 9 heteroatoms. The van der Waals surface area contributed by atoms with Gasteiger partial charge in [0.05, 0.1) is 43.0 Å². The standard InChI is InChI=1S/C26H29N5O4/c1-14(2)31-24-20(13-28-31)18(25(32)27-12-19-15(3)9-16(4)29-26(19)33)11-21(30-24)17-7-8-22(34-5)23(10-17)35-6/h7-11,13-14,19H,12H2,1-6H3,(H,27,32). The Balaban J connectivity index is 1.74. The maximum atomic E-state index is 13.4. The van der Waals surface area contributed by atoms with Gasteiger partial charge in [0.15, 0.2) is 17.1 Å². The zero-order valence-electron chi connectivity index (χ0n) is 20.7. The summed E-state index contributed by atoms with van der Waals surface area (Å²) in [6.45, 7) is 7.82. The lowest BCUT2D eigenvalue weighted by atomic mass is 9.95. The highest BCUT2D eigenvalue weighted by Crippen LogP contribution is 2.33. The van der Waals surface area contributed by atoms with Gasteiger partial charge in [-0.15, -0.1) is 0 Å². The van der Waals surface area contributed by atoms with Crippen LogP contribution < -0.4 is 14.8 Å². The van der Waals surface area contributed by atoms with E-state index in [1.54, 1.807) is 44.2 Å². The van der Waals surface area contributed by atoms with Crippen molar-refractivity contribution in [2.24, 2.45) is 10.9 Å². The number of allylic oxidation sites excluding steroid dienone is 1. The van der Waals surface area contributed by atoms with Crippen LogP contribution in [-0.2, 0) is 4.79 Å². The van der Waals surface area contributed by atoms with Crippen LogP contribution in [0.4, 0.5) is 0 Å². The van der Waals surface area contributed by atoms with Gasteiger partial charge >= 0.3 is 0 Å². The first-order chi connectivity index (χ1) is 16.7. The predicted molar refractivity (Wildman–Crippen MR) is 134 cm³/mol. The first kappa shape index (κ1) is 24.1. The number of methoxy groups -OCH3 is 2. The largest absolute Gasteiger partial charge is 0.493 e. The molecule has 1 aromatic carbocycles. The molecule has 182 valence electrons. The van der Waals surface area contributed by atoms with E-state index in [4.69, 9.17) is 14.5 Å². The van der Waals surface area contributed by atoms with E-state index < -0.39 is 5.92 Å². The second-order valence-electron chi connectivity index (χ2n) is 8.79. The highest BCUT2D eigenvalue weighted by molar-refractivity contribution is 6.08.